The predicted molar refractivity (Wildman–Crippen MR) is 129 cm³/mol. The van der Waals surface area contributed by atoms with Crippen LogP contribution in [0.25, 0.3) is 0 Å². The highest BCUT2D eigenvalue weighted by atomic mass is 19.1. The summed E-state index contributed by atoms with van der Waals surface area (Å²) in [5.74, 6) is -2.92. The third-order valence-electron chi connectivity index (χ3n) is 6.70. The minimum Gasteiger partial charge on any atom is -0.483 e. The van der Waals surface area contributed by atoms with Gasteiger partial charge in [0.25, 0.3) is 11.8 Å². The van der Waals surface area contributed by atoms with Crippen LogP contribution in [0.3, 0.4) is 0 Å². The Morgan fingerprint density at radius 1 is 1.11 bits per heavy atom. The lowest BCUT2D eigenvalue weighted by Gasteiger charge is -2.39. The SMILES string of the molecule is CCN1C(=O)c2c(OCc3ccccc3)c(=O)c(C(=O)NCc3ccc(F)cc3F)cn2C2COC[C@@H]21. The molecule has 10 heteroatoms. The number of nitrogens with zero attached hydrogens (tertiary/aromatic N) is 2. The molecule has 1 aromatic heterocycles. The standard InChI is InChI=1S/C27H25F2N3O5/c1-2-31-21-14-36-15-22(21)32-12-19(26(34)30-11-17-8-9-18(28)10-20(17)29)24(33)25(23(32)27(31)35)37-13-16-6-4-3-5-7-16/h3-10,12,21-22H,2,11,13-15H2,1H3,(H,30,34)/t21-,22?/m0/s1. The summed E-state index contributed by atoms with van der Waals surface area (Å²) >= 11 is 0. The molecule has 1 N–H and O–H groups in total. The first-order chi connectivity index (χ1) is 17.9. The van der Waals surface area contributed by atoms with Crippen LogP contribution in [-0.2, 0) is 17.9 Å². The van der Waals surface area contributed by atoms with E-state index in [4.69, 9.17) is 9.47 Å². The number of fused-ring (bicyclic) bond motifs is 3. The number of aromatic nitrogens is 1. The Morgan fingerprint density at radius 2 is 1.86 bits per heavy atom. The summed E-state index contributed by atoms with van der Waals surface area (Å²) in [5.41, 5.74) is -0.0965. The van der Waals surface area contributed by atoms with E-state index in [0.717, 1.165) is 17.7 Å². The molecule has 2 amide bonds. The van der Waals surface area contributed by atoms with Crippen molar-refractivity contribution in [1.82, 2.24) is 14.8 Å². The second-order valence-corrected chi connectivity index (χ2v) is 8.91. The molecule has 37 heavy (non-hydrogen) atoms. The molecule has 1 unspecified atom stereocenters. The Morgan fingerprint density at radius 3 is 2.59 bits per heavy atom. The van der Waals surface area contributed by atoms with Crippen molar-refractivity contribution >= 4 is 11.8 Å². The minimum atomic E-state index is -0.814. The molecule has 5 rings (SSSR count). The molecule has 2 aliphatic rings. The van der Waals surface area contributed by atoms with Crippen molar-refractivity contribution in [2.45, 2.75) is 32.2 Å². The van der Waals surface area contributed by atoms with E-state index in [-0.39, 0.29) is 53.7 Å². The lowest BCUT2D eigenvalue weighted by molar-refractivity contribution is 0.0566. The third kappa shape index (κ3) is 4.60. The summed E-state index contributed by atoms with van der Waals surface area (Å²) in [7, 11) is 0. The number of rotatable bonds is 7. The first-order valence-corrected chi connectivity index (χ1v) is 12.0. The topological polar surface area (TPSA) is 89.9 Å². The second-order valence-electron chi connectivity index (χ2n) is 8.91. The maximum atomic E-state index is 14.1. The quantitative estimate of drug-likeness (QED) is 0.529. The van der Waals surface area contributed by atoms with Gasteiger partial charge in [0.1, 0.15) is 23.8 Å². The number of nitrogens with one attached hydrogen (secondary N) is 1. The van der Waals surface area contributed by atoms with Gasteiger partial charge in [-0.3, -0.25) is 14.4 Å². The Bertz CT molecular complexity index is 1410. The van der Waals surface area contributed by atoms with Gasteiger partial charge < -0.3 is 24.3 Å². The zero-order valence-electron chi connectivity index (χ0n) is 20.1. The predicted octanol–water partition coefficient (Wildman–Crippen LogP) is 3.05. The van der Waals surface area contributed by atoms with E-state index in [1.807, 2.05) is 37.3 Å². The Hall–Kier alpha value is -4.05. The Kier molecular flexibility index (Phi) is 6.75. The molecule has 1 saturated heterocycles. The zero-order chi connectivity index (χ0) is 26.1. The van der Waals surface area contributed by atoms with Crippen molar-refractivity contribution in [3.63, 3.8) is 0 Å². The molecule has 2 aliphatic heterocycles. The molecule has 0 spiro atoms. The smallest absolute Gasteiger partial charge is 0.274 e. The highest BCUT2D eigenvalue weighted by molar-refractivity contribution is 5.99. The van der Waals surface area contributed by atoms with Crippen LogP contribution in [0, 0.1) is 11.6 Å². The Labute approximate surface area is 211 Å². The van der Waals surface area contributed by atoms with Crippen LogP contribution >= 0.6 is 0 Å². The fourth-order valence-electron chi connectivity index (χ4n) is 4.80. The van der Waals surface area contributed by atoms with E-state index in [0.29, 0.717) is 19.8 Å². The number of carbonyl (C=O) groups excluding carboxylic acids is 2. The van der Waals surface area contributed by atoms with Crippen molar-refractivity contribution in [2.75, 3.05) is 19.8 Å². The van der Waals surface area contributed by atoms with E-state index in [1.165, 1.54) is 12.3 Å². The van der Waals surface area contributed by atoms with Gasteiger partial charge in [0, 0.05) is 30.9 Å². The average molecular weight is 510 g/mol. The van der Waals surface area contributed by atoms with E-state index >= 15 is 0 Å². The van der Waals surface area contributed by atoms with E-state index in [1.54, 1.807) is 9.47 Å². The number of hydrogen-bond acceptors (Lipinski definition) is 5. The van der Waals surface area contributed by atoms with E-state index < -0.39 is 23.0 Å². The summed E-state index contributed by atoms with van der Waals surface area (Å²) < 4.78 is 40.5. The molecule has 192 valence electrons. The molecule has 2 aromatic carbocycles. The van der Waals surface area contributed by atoms with Crippen molar-refractivity contribution in [1.29, 1.82) is 0 Å². The maximum absolute atomic E-state index is 14.1. The number of likely N-dealkylation sites (N-methyl/N-ethyl adjacent to an activating group) is 1. The van der Waals surface area contributed by atoms with Crippen molar-refractivity contribution < 1.29 is 27.8 Å². The largest absolute Gasteiger partial charge is 0.483 e. The molecule has 3 aromatic rings. The number of amides is 2. The summed E-state index contributed by atoms with van der Waals surface area (Å²) in [5, 5.41) is 2.52. The van der Waals surface area contributed by atoms with Gasteiger partial charge >= 0.3 is 0 Å². The molecule has 0 aliphatic carbocycles. The third-order valence-corrected chi connectivity index (χ3v) is 6.70. The summed E-state index contributed by atoms with van der Waals surface area (Å²) in [6.45, 7) is 2.65. The van der Waals surface area contributed by atoms with Gasteiger partial charge in [0.05, 0.1) is 25.3 Å². The highest BCUT2D eigenvalue weighted by Crippen LogP contribution is 2.35. The fraction of sp³-hybridized carbons (Fsp3) is 0.296. The fourth-order valence-corrected chi connectivity index (χ4v) is 4.80. The molecule has 3 heterocycles. The van der Waals surface area contributed by atoms with E-state index in [2.05, 4.69) is 5.32 Å². The monoisotopic (exact) mass is 509 g/mol. The van der Waals surface area contributed by atoms with Crippen molar-refractivity contribution in [3.8, 4) is 5.75 Å². The lowest BCUT2D eigenvalue weighted by Crippen LogP contribution is -2.51. The van der Waals surface area contributed by atoms with Crippen LogP contribution in [0.5, 0.6) is 5.75 Å². The zero-order valence-corrected chi connectivity index (χ0v) is 20.1. The molecule has 2 atom stereocenters. The molecule has 1 fully saturated rings. The van der Waals surface area contributed by atoms with E-state index in [9.17, 15) is 23.2 Å². The summed E-state index contributed by atoms with van der Waals surface area (Å²) in [6, 6.07) is 11.6. The number of pyridine rings is 1. The first-order valence-electron chi connectivity index (χ1n) is 12.0. The van der Waals surface area contributed by atoms with Gasteiger partial charge in [-0.15, -0.1) is 0 Å². The van der Waals surface area contributed by atoms with Gasteiger partial charge in [-0.1, -0.05) is 36.4 Å². The van der Waals surface area contributed by atoms with Crippen LogP contribution in [0.2, 0.25) is 0 Å². The van der Waals surface area contributed by atoms with Crippen LogP contribution < -0.4 is 15.5 Å². The van der Waals surface area contributed by atoms with Gasteiger partial charge in [0.2, 0.25) is 5.43 Å². The van der Waals surface area contributed by atoms with Crippen molar-refractivity contribution in [2.24, 2.45) is 0 Å². The normalized spacial score (nSPS) is 18.4. The van der Waals surface area contributed by atoms with Gasteiger partial charge in [-0.25, -0.2) is 8.78 Å². The number of halogens is 2. The van der Waals surface area contributed by atoms with Crippen LogP contribution in [0.15, 0.2) is 59.5 Å². The highest BCUT2D eigenvalue weighted by Gasteiger charge is 2.45. The van der Waals surface area contributed by atoms with Gasteiger partial charge in [0.15, 0.2) is 11.4 Å². The van der Waals surface area contributed by atoms with Gasteiger partial charge in [-0.2, -0.15) is 0 Å². The molecule has 0 radical (unpaired) electrons. The first kappa shape index (κ1) is 24.6. The lowest BCUT2D eigenvalue weighted by atomic mass is 10.0. The number of carbonyl (C=O) groups is 2. The summed E-state index contributed by atoms with van der Waals surface area (Å²) in [4.78, 5) is 41.8. The van der Waals surface area contributed by atoms with Crippen LogP contribution in [0.1, 0.15) is 44.9 Å². The van der Waals surface area contributed by atoms with Crippen molar-refractivity contribution in [3.05, 3.63) is 99.0 Å². The Balaban J connectivity index is 1.54. The minimum absolute atomic E-state index is 0.0128. The molecule has 0 bridgehead atoms. The molecular weight excluding hydrogens is 484 g/mol. The second kappa shape index (κ2) is 10.1. The molecule has 8 nitrogen and oxygen atoms in total. The van der Waals surface area contributed by atoms with Gasteiger partial charge in [-0.05, 0) is 18.6 Å². The maximum Gasteiger partial charge on any atom is 0.274 e. The average Bonchev–Trinajstić information content (AvgIpc) is 3.38. The summed E-state index contributed by atoms with van der Waals surface area (Å²) in [6.07, 6.45) is 1.35. The number of benzene rings is 2. The number of ether oxygens (including phenoxy) is 2. The van der Waals surface area contributed by atoms with Crippen LogP contribution in [-0.4, -0.2) is 47.1 Å². The number of hydrogen-bond donors (Lipinski definition) is 1. The molecule has 0 saturated carbocycles. The molecular formula is C27H25F2N3O5. The van der Waals surface area contributed by atoms with Crippen LogP contribution in [0.4, 0.5) is 8.78 Å².